The zero-order valence-corrected chi connectivity index (χ0v) is 19.4. The molecule has 0 spiro atoms. The van der Waals surface area contributed by atoms with Gasteiger partial charge in [-0.2, -0.15) is 0 Å². The number of anilines is 2. The van der Waals surface area contributed by atoms with Crippen LogP contribution in [0.1, 0.15) is 12.0 Å². The van der Waals surface area contributed by atoms with Crippen LogP contribution in [0.4, 0.5) is 11.4 Å². The van der Waals surface area contributed by atoms with Gasteiger partial charge in [0.25, 0.3) is 20.0 Å². The normalized spacial score (nSPS) is 14.3. The van der Waals surface area contributed by atoms with Crippen LogP contribution < -0.4 is 9.03 Å². The Morgan fingerprint density at radius 2 is 1.66 bits per heavy atom. The third-order valence-corrected chi connectivity index (χ3v) is 10.0. The van der Waals surface area contributed by atoms with Crippen LogP contribution in [0, 0.1) is 0 Å². The maximum Gasteiger partial charge on any atom is 0.273 e. The quantitative estimate of drug-likeness (QED) is 0.439. The molecule has 1 N–H and O–H groups in total. The monoisotopic (exact) mass is 484 g/mol. The number of rotatable bonds is 5. The molecule has 6 nitrogen and oxygen atoms in total. The molecule has 0 bridgehead atoms. The molecule has 0 radical (unpaired) electrons. The lowest BCUT2D eigenvalue weighted by Crippen LogP contribution is -2.35. The highest BCUT2D eigenvalue weighted by Gasteiger charge is 2.30. The molecule has 0 saturated carbocycles. The summed E-state index contributed by atoms with van der Waals surface area (Å²) in [5.41, 5.74) is 1.81. The van der Waals surface area contributed by atoms with Gasteiger partial charge >= 0.3 is 0 Å². The number of aryl methyl sites for hydroxylation is 1. The predicted octanol–water partition coefficient (Wildman–Crippen LogP) is 4.84. The maximum atomic E-state index is 13.0. The van der Waals surface area contributed by atoms with Gasteiger partial charge < -0.3 is 0 Å². The summed E-state index contributed by atoms with van der Waals surface area (Å²) in [6.45, 7) is 0.398. The van der Waals surface area contributed by atoms with E-state index in [2.05, 4.69) is 4.72 Å². The zero-order valence-electron chi connectivity index (χ0n) is 16.9. The summed E-state index contributed by atoms with van der Waals surface area (Å²) >= 11 is 1.19. The van der Waals surface area contributed by atoms with Gasteiger partial charge in [-0.3, -0.25) is 9.03 Å². The van der Waals surface area contributed by atoms with Crippen LogP contribution in [0.25, 0.3) is 10.8 Å². The van der Waals surface area contributed by atoms with Crippen molar-refractivity contribution >= 4 is 53.5 Å². The molecule has 4 aromatic rings. The molecule has 2 heterocycles. The highest BCUT2D eigenvalue weighted by Crippen LogP contribution is 2.35. The molecule has 164 valence electrons. The van der Waals surface area contributed by atoms with Crippen molar-refractivity contribution in [1.82, 2.24) is 0 Å². The molecule has 0 aliphatic carbocycles. The van der Waals surface area contributed by atoms with Crippen molar-refractivity contribution in [3.8, 4) is 0 Å². The van der Waals surface area contributed by atoms with Crippen molar-refractivity contribution in [2.24, 2.45) is 0 Å². The molecule has 3 aromatic carbocycles. The van der Waals surface area contributed by atoms with Gasteiger partial charge in [0.05, 0.1) is 10.6 Å². The number of sulfonamides is 2. The van der Waals surface area contributed by atoms with Crippen LogP contribution in [0.5, 0.6) is 0 Å². The van der Waals surface area contributed by atoms with E-state index in [9.17, 15) is 16.8 Å². The van der Waals surface area contributed by atoms with E-state index in [1.807, 2.05) is 24.3 Å². The Hall–Kier alpha value is -2.88. The number of hydrogen-bond donors (Lipinski definition) is 1. The van der Waals surface area contributed by atoms with Gasteiger partial charge in [-0.1, -0.05) is 36.4 Å². The topological polar surface area (TPSA) is 83.6 Å². The lowest BCUT2D eigenvalue weighted by Gasteiger charge is -2.30. The van der Waals surface area contributed by atoms with Crippen LogP contribution >= 0.6 is 11.3 Å². The molecule has 1 aromatic heterocycles. The van der Waals surface area contributed by atoms with Crippen molar-refractivity contribution in [3.63, 3.8) is 0 Å². The Morgan fingerprint density at radius 3 is 2.44 bits per heavy atom. The summed E-state index contributed by atoms with van der Waals surface area (Å²) in [5.74, 6) is 0. The summed E-state index contributed by atoms with van der Waals surface area (Å²) in [5, 5.41) is 3.55. The van der Waals surface area contributed by atoms with Crippen molar-refractivity contribution in [2.45, 2.75) is 21.9 Å². The Labute approximate surface area is 191 Å². The largest absolute Gasteiger partial charge is 0.280 e. The van der Waals surface area contributed by atoms with E-state index in [1.165, 1.54) is 15.6 Å². The molecule has 1 aliphatic heterocycles. The molecule has 1 aliphatic rings. The third kappa shape index (κ3) is 3.76. The van der Waals surface area contributed by atoms with Crippen molar-refractivity contribution < 1.29 is 16.8 Å². The minimum Gasteiger partial charge on any atom is -0.280 e. The first-order chi connectivity index (χ1) is 15.3. The minimum absolute atomic E-state index is 0.177. The average molecular weight is 485 g/mol. The van der Waals surface area contributed by atoms with Crippen LogP contribution in [0.2, 0.25) is 0 Å². The van der Waals surface area contributed by atoms with Crippen LogP contribution in [0.3, 0.4) is 0 Å². The molecular weight excluding hydrogens is 464 g/mol. The van der Waals surface area contributed by atoms with Crippen molar-refractivity contribution in [3.05, 3.63) is 83.7 Å². The van der Waals surface area contributed by atoms with E-state index >= 15 is 0 Å². The Morgan fingerprint density at radius 1 is 0.844 bits per heavy atom. The van der Waals surface area contributed by atoms with Crippen LogP contribution in [0.15, 0.2) is 87.3 Å². The summed E-state index contributed by atoms with van der Waals surface area (Å²) in [4.78, 5) is 0.177. The van der Waals surface area contributed by atoms with Gasteiger partial charge in [0, 0.05) is 12.2 Å². The van der Waals surface area contributed by atoms with Gasteiger partial charge in [-0.05, 0) is 71.0 Å². The average Bonchev–Trinajstić information content (AvgIpc) is 3.34. The number of nitrogens with zero attached hydrogens (tertiary/aromatic N) is 1. The van der Waals surface area contributed by atoms with E-state index in [0.717, 1.165) is 16.3 Å². The minimum atomic E-state index is -3.79. The van der Waals surface area contributed by atoms with Crippen LogP contribution in [-0.4, -0.2) is 23.4 Å². The Bertz CT molecular complexity index is 1510. The van der Waals surface area contributed by atoms with Gasteiger partial charge in [-0.15, -0.1) is 11.3 Å². The fourth-order valence-corrected chi connectivity index (χ4v) is 7.67. The molecular formula is C23H20N2O4S3. The lowest BCUT2D eigenvalue weighted by atomic mass is 10.0. The van der Waals surface area contributed by atoms with Gasteiger partial charge in [0.15, 0.2) is 0 Å². The lowest BCUT2D eigenvalue weighted by molar-refractivity contribution is 0.588. The first-order valence-corrected chi connectivity index (χ1v) is 13.9. The molecule has 32 heavy (non-hydrogen) atoms. The van der Waals surface area contributed by atoms with Crippen molar-refractivity contribution in [2.75, 3.05) is 15.6 Å². The predicted molar refractivity (Wildman–Crippen MR) is 128 cm³/mol. The number of benzene rings is 3. The Balaban J connectivity index is 1.46. The standard InChI is InChI=1S/C23H20N2O4S3/c26-31(27,21-11-9-17-5-1-2-6-18(17)16-21)24-20-10-12-22-19(15-20)7-3-13-25(22)32(28,29)23-8-4-14-30-23/h1-2,4-6,8-12,14-16,24H,3,7,13H2. The zero-order chi connectivity index (χ0) is 22.3. The van der Waals surface area contributed by atoms with Gasteiger partial charge in [0.2, 0.25) is 0 Å². The van der Waals surface area contributed by atoms with E-state index < -0.39 is 20.0 Å². The molecule has 0 amide bonds. The molecule has 0 saturated heterocycles. The molecule has 0 unspecified atom stereocenters. The summed E-state index contributed by atoms with van der Waals surface area (Å²) in [6.07, 6.45) is 1.34. The number of nitrogens with one attached hydrogen (secondary N) is 1. The van der Waals surface area contributed by atoms with Gasteiger partial charge in [-0.25, -0.2) is 16.8 Å². The first-order valence-electron chi connectivity index (χ1n) is 10.1. The second-order valence-corrected chi connectivity index (χ2v) is 12.3. The fourth-order valence-electron chi connectivity index (χ4n) is 3.94. The fraction of sp³-hybridized carbons (Fsp3) is 0.130. The number of thiophene rings is 1. The first kappa shape index (κ1) is 21.0. The van der Waals surface area contributed by atoms with E-state index in [4.69, 9.17) is 0 Å². The number of hydrogen-bond acceptors (Lipinski definition) is 5. The highest BCUT2D eigenvalue weighted by molar-refractivity contribution is 7.94. The molecule has 5 rings (SSSR count). The van der Waals surface area contributed by atoms with E-state index in [1.54, 1.807) is 53.9 Å². The van der Waals surface area contributed by atoms with Crippen molar-refractivity contribution in [1.29, 1.82) is 0 Å². The summed E-state index contributed by atoms with van der Waals surface area (Å²) < 4.78 is 56.4. The SMILES string of the molecule is O=S(=O)(Nc1ccc2c(c1)CCCN2S(=O)(=O)c1cccs1)c1ccc2ccccc2c1. The second-order valence-electron chi connectivity index (χ2n) is 7.57. The highest BCUT2D eigenvalue weighted by atomic mass is 32.2. The number of fused-ring (bicyclic) bond motifs is 2. The molecule has 0 atom stereocenters. The molecule has 0 fully saturated rings. The smallest absolute Gasteiger partial charge is 0.273 e. The summed E-state index contributed by atoms with van der Waals surface area (Å²) in [6, 6.07) is 20.9. The maximum absolute atomic E-state index is 13.0. The van der Waals surface area contributed by atoms with Gasteiger partial charge in [0.1, 0.15) is 4.21 Å². The Kier molecular flexibility index (Phi) is 5.19. The van der Waals surface area contributed by atoms with Crippen LogP contribution in [-0.2, 0) is 26.5 Å². The van der Waals surface area contributed by atoms with E-state index in [0.29, 0.717) is 35.0 Å². The molecule has 9 heteroatoms. The third-order valence-electron chi connectivity index (χ3n) is 5.48. The van der Waals surface area contributed by atoms with E-state index in [-0.39, 0.29) is 4.90 Å². The second kappa shape index (κ2) is 7.91. The summed E-state index contributed by atoms with van der Waals surface area (Å²) in [7, 11) is -7.42.